The van der Waals surface area contributed by atoms with Crippen LogP contribution in [0.25, 0.3) is 0 Å². The van der Waals surface area contributed by atoms with Crippen LogP contribution in [0, 0.1) is 0 Å². The number of carbonyl (C=O) groups excluding carboxylic acids is 1. The molecule has 0 unspecified atom stereocenters. The van der Waals surface area contributed by atoms with Crippen molar-refractivity contribution in [3.05, 3.63) is 29.8 Å². The number of hydrogen-bond acceptors (Lipinski definition) is 4. The summed E-state index contributed by atoms with van der Waals surface area (Å²) >= 11 is 0. The molecule has 0 saturated heterocycles. The zero-order chi connectivity index (χ0) is 14.8. The molecule has 0 radical (unpaired) electrons. The zero-order valence-electron chi connectivity index (χ0n) is 12.3. The molecule has 0 heterocycles. The summed E-state index contributed by atoms with van der Waals surface area (Å²) in [4.78, 5) is 11.6. The molecular formula is C15H23NO4. The minimum Gasteiger partial charge on any atom is -0.493 e. The van der Waals surface area contributed by atoms with Gasteiger partial charge in [0.05, 0.1) is 19.6 Å². The van der Waals surface area contributed by atoms with Crippen molar-refractivity contribution >= 4 is 5.91 Å². The Hall–Kier alpha value is -1.59. The number of carbonyl (C=O) groups is 1. The van der Waals surface area contributed by atoms with Gasteiger partial charge in [0.15, 0.2) is 6.29 Å². The van der Waals surface area contributed by atoms with Crippen LogP contribution in [0.2, 0.25) is 0 Å². The van der Waals surface area contributed by atoms with Gasteiger partial charge >= 0.3 is 0 Å². The van der Waals surface area contributed by atoms with E-state index in [1.54, 1.807) is 0 Å². The van der Waals surface area contributed by atoms with Gasteiger partial charge in [0.25, 0.3) is 0 Å². The third kappa shape index (κ3) is 6.04. The van der Waals surface area contributed by atoms with Crippen LogP contribution in [-0.2, 0) is 20.7 Å². The first kappa shape index (κ1) is 16.5. The molecule has 20 heavy (non-hydrogen) atoms. The third-order valence-electron chi connectivity index (χ3n) is 2.92. The van der Waals surface area contributed by atoms with E-state index < -0.39 is 6.29 Å². The molecule has 0 saturated carbocycles. The Labute approximate surface area is 120 Å². The summed E-state index contributed by atoms with van der Waals surface area (Å²) in [5, 5.41) is 2.72. The summed E-state index contributed by atoms with van der Waals surface area (Å²) in [5.74, 6) is 0.691. The summed E-state index contributed by atoms with van der Waals surface area (Å²) in [5.41, 5.74) is 1.26. The first-order valence-electron chi connectivity index (χ1n) is 6.73. The van der Waals surface area contributed by atoms with Crippen molar-refractivity contribution in [3.63, 3.8) is 0 Å². The van der Waals surface area contributed by atoms with Crippen molar-refractivity contribution in [2.75, 3.05) is 27.4 Å². The molecule has 0 aliphatic rings. The largest absolute Gasteiger partial charge is 0.493 e. The number of nitrogens with one attached hydrogen (secondary N) is 1. The van der Waals surface area contributed by atoms with Crippen molar-refractivity contribution in [1.29, 1.82) is 0 Å². The van der Waals surface area contributed by atoms with E-state index >= 15 is 0 Å². The molecule has 0 aromatic heterocycles. The molecule has 0 atom stereocenters. The second kappa shape index (κ2) is 9.34. The number of rotatable bonds is 9. The fourth-order valence-corrected chi connectivity index (χ4v) is 1.63. The molecule has 1 aromatic carbocycles. The highest BCUT2D eigenvalue weighted by atomic mass is 16.7. The maximum absolute atomic E-state index is 11.6. The number of amides is 1. The molecule has 0 fully saturated rings. The molecule has 1 rings (SSSR count). The van der Waals surface area contributed by atoms with E-state index in [9.17, 15) is 4.79 Å². The maximum atomic E-state index is 11.6. The van der Waals surface area contributed by atoms with Crippen LogP contribution >= 0.6 is 0 Å². The van der Waals surface area contributed by atoms with Gasteiger partial charge in [-0.05, 0) is 24.1 Å². The van der Waals surface area contributed by atoms with Gasteiger partial charge in [-0.25, -0.2) is 0 Å². The van der Waals surface area contributed by atoms with Gasteiger partial charge in [0.1, 0.15) is 5.75 Å². The Kier molecular flexibility index (Phi) is 7.69. The first-order valence-corrected chi connectivity index (χ1v) is 6.73. The average Bonchev–Trinajstić information content (AvgIpc) is 2.49. The molecule has 1 N–H and O–H groups in total. The van der Waals surface area contributed by atoms with Crippen LogP contribution in [0.3, 0.4) is 0 Å². The Balaban J connectivity index is 2.20. The highest BCUT2D eigenvalue weighted by Gasteiger charge is 2.07. The van der Waals surface area contributed by atoms with E-state index in [0.717, 1.165) is 12.2 Å². The highest BCUT2D eigenvalue weighted by Crippen LogP contribution is 2.12. The van der Waals surface area contributed by atoms with Crippen LogP contribution in [0.1, 0.15) is 18.9 Å². The molecule has 1 aromatic rings. The van der Waals surface area contributed by atoms with E-state index in [2.05, 4.69) is 12.2 Å². The lowest BCUT2D eigenvalue weighted by Crippen LogP contribution is -2.34. The van der Waals surface area contributed by atoms with Crippen LogP contribution in [0.5, 0.6) is 5.75 Å². The first-order chi connectivity index (χ1) is 9.69. The fraction of sp³-hybridized carbons (Fsp3) is 0.533. The van der Waals surface area contributed by atoms with E-state index in [4.69, 9.17) is 14.2 Å². The van der Waals surface area contributed by atoms with Crippen molar-refractivity contribution in [3.8, 4) is 5.75 Å². The van der Waals surface area contributed by atoms with Gasteiger partial charge in [0.2, 0.25) is 5.91 Å². The number of aryl methyl sites for hydroxylation is 1. The highest BCUT2D eigenvalue weighted by molar-refractivity contribution is 5.75. The van der Waals surface area contributed by atoms with Gasteiger partial charge in [0, 0.05) is 14.2 Å². The zero-order valence-corrected chi connectivity index (χ0v) is 12.3. The molecule has 0 aliphatic heterocycles. The molecule has 5 nitrogen and oxygen atoms in total. The third-order valence-corrected chi connectivity index (χ3v) is 2.92. The second-order valence-electron chi connectivity index (χ2n) is 4.30. The Bertz CT molecular complexity index is 387. The maximum Gasteiger partial charge on any atom is 0.223 e. The fourth-order valence-electron chi connectivity index (χ4n) is 1.63. The number of hydrogen-bond donors (Lipinski definition) is 1. The summed E-state index contributed by atoms with van der Waals surface area (Å²) in [6, 6.07) is 7.89. The smallest absolute Gasteiger partial charge is 0.223 e. The molecule has 112 valence electrons. The van der Waals surface area contributed by atoms with E-state index in [1.165, 1.54) is 19.8 Å². The van der Waals surface area contributed by atoms with Crippen molar-refractivity contribution in [2.24, 2.45) is 0 Å². The standard InChI is InChI=1S/C15H23NO4/c1-4-12-5-7-13(8-6-12)20-10-9-14(17)16-11-15(18-2)19-3/h5-8,15H,4,9-11H2,1-3H3,(H,16,17). The summed E-state index contributed by atoms with van der Waals surface area (Å²) in [6.45, 7) is 2.78. The lowest BCUT2D eigenvalue weighted by atomic mass is 10.2. The Morgan fingerprint density at radius 1 is 1.20 bits per heavy atom. The molecule has 0 spiro atoms. The van der Waals surface area contributed by atoms with Crippen molar-refractivity contribution in [1.82, 2.24) is 5.32 Å². The SMILES string of the molecule is CCc1ccc(OCCC(=O)NCC(OC)OC)cc1. The predicted molar refractivity (Wildman–Crippen MR) is 76.7 cm³/mol. The van der Waals surface area contributed by atoms with Gasteiger partial charge < -0.3 is 19.5 Å². The average molecular weight is 281 g/mol. The van der Waals surface area contributed by atoms with Gasteiger partial charge in [-0.15, -0.1) is 0 Å². The van der Waals surface area contributed by atoms with Gasteiger partial charge in [-0.3, -0.25) is 4.79 Å². The molecular weight excluding hydrogens is 258 g/mol. The Morgan fingerprint density at radius 3 is 2.40 bits per heavy atom. The molecule has 0 aliphatic carbocycles. The minimum absolute atomic E-state index is 0.0886. The van der Waals surface area contributed by atoms with Crippen molar-refractivity contribution in [2.45, 2.75) is 26.1 Å². The summed E-state index contributed by atoms with van der Waals surface area (Å²) in [6.07, 6.45) is 0.889. The Morgan fingerprint density at radius 2 is 1.85 bits per heavy atom. The number of ether oxygens (including phenoxy) is 3. The van der Waals surface area contributed by atoms with Crippen LogP contribution in [0.4, 0.5) is 0 Å². The van der Waals surface area contributed by atoms with Gasteiger partial charge in [-0.1, -0.05) is 19.1 Å². The second-order valence-corrected chi connectivity index (χ2v) is 4.30. The number of methoxy groups -OCH3 is 2. The van der Waals surface area contributed by atoms with Crippen LogP contribution in [-0.4, -0.2) is 39.6 Å². The van der Waals surface area contributed by atoms with Crippen LogP contribution in [0.15, 0.2) is 24.3 Å². The minimum atomic E-state index is -0.415. The molecule has 1 amide bonds. The lowest BCUT2D eigenvalue weighted by Gasteiger charge is -2.14. The predicted octanol–water partition coefficient (Wildman–Crippen LogP) is 1.75. The van der Waals surface area contributed by atoms with E-state index in [-0.39, 0.29) is 5.91 Å². The monoisotopic (exact) mass is 281 g/mol. The quantitative estimate of drug-likeness (QED) is 0.701. The topological polar surface area (TPSA) is 56.8 Å². The van der Waals surface area contributed by atoms with Crippen LogP contribution < -0.4 is 10.1 Å². The van der Waals surface area contributed by atoms with E-state index in [0.29, 0.717) is 19.6 Å². The van der Waals surface area contributed by atoms with Gasteiger partial charge in [-0.2, -0.15) is 0 Å². The lowest BCUT2D eigenvalue weighted by molar-refractivity contribution is -0.127. The summed E-state index contributed by atoms with van der Waals surface area (Å²) in [7, 11) is 3.06. The van der Waals surface area contributed by atoms with E-state index in [1.807, 2.05) is 24.3 Å². The van der Waals surface area contributed by atoms with Crippen molar-refractivity contribution < 1.29 is 19.0 Å². The summed E-state index contributed by atoms with van der Waals surface area (Å²) < 4.78 is 15.5. The molecule has 0 bridgehead atoms. The normalized spacial score (nSPS) is 10.6. The molecule has 5 heteroatoms. The number of benzene rings is 1.